The molecule has 0 aliphatic rings. The quantitative estimate of drug-likeness (QED) is 0.874. The molecule has 0 saturated heterocycles. The number of aryl methyl sites for hydroxylation is 1. The van der Waals surface area contributed by atoms with Gasteiger partial charge in [-0.05, 0) is 19.1 Å². The van der Waals surface area contributed by atoms with Crippen LogP contribution < -0.4 is 0 Å². The minimum Gasteiger partial charge on any atom is -0.475 e. The highest BCUT2D eigenvalue weighted by atomic mass is 19.1. The monoisotopic (exact) mass is 239 g/mol. The zero-order valence-electron chi connectivity index (χ0n) is 8.70. The lowest BCUT2D eigenvalue weighted by Crippen LogP contribution is -1.95. The fraction of sp³-hybridized carbons (Fsp3) is 0.0909. The summed E-state index contributed by atoms with van der Waals surface area (Å²) in [7, 11) is 0. The zero-order valence-corrected chi connectivity index (χ0v) is 8.70. The van der Waals surface area contributed by atoms with Gasteiger partial charge < -0.3 is 9.52 Å². The minimum absolute atomic E-state index is 0.0815. The van der Waals surface area contributed by atoms with Crippen molar-refractivity contribution >= 4 is 5.97 Å². The van der Waals surface area contributed by atoms with Crippen molar-refractivity contribution in [1.29, 1.82) is 0 Å². The van der Waals surface area contributed by atoms with Crippen LogP contribution in [0.4, 0.5) is 8.78 Å². The summed E-state index contributed by atoms with van der Waals surface area (Å²) in [6, 6.07) is 2.86. The van der Waals surface area contributed by atoms with Crippen LogP contribution in [0.3, 0.4) is 0 Å². The summed E-state index contributed by atoms with van der Waals surface area (Å²) < 4.78 is 31.0. The van der Waals surface area contributed by atoms with Crippen LogP contribution in [0.25, 0.3) is 11.5 Å². The Labute approximate surface area is 94.5 Å². The number of carboxylic acids is 1. The third kappa shape index (κ3) is 2.01. The second-order valence-electron chi connectivity index (χ2n) is 3.36. The van der Waals surface area contributed by atoms with Gasteiger partial charge in [0.25, 0.3) is 0 Å². The topological polar surface area (TPSA) is 63.3 Å². The van der Waals surface area contributed by atoms with Crippen molar-refractivity contribution in [1.82, 2.24) is 4.98 Å². The Bertz CT molecular complexity index is 592. The number of aromatic carboxylic acids is 1. The molecule has 0 fully saturated rings. The Hall–Kier alpha value is -2.24. The third-order valence-electron chi connectivity index (χ3n) is 2.15. The Morgan fingerprint density at radius 3 is 2.65 bits per heavy atom. The molecular weight excluding hydrogens is 232 g/mol. The van der Waals surface area contributed by atoms with Gasteiger partial charge in [0.2, 0.25) is 11.7 Å². The van der Waals surface area contributed by atoms with Crippen molar-refractivity contribution in [3.05, 3.63) is 41.3 Å². The van der Waals surface area contributed by atoms with Crippen molar-refractivity contribution in [3.8, 4) is 11.5 Å². The number of halogens is 2. The van der Waals surface area contributed by atoms with Gasteiger partial charge in [0, 0.05) is 6.07 Å². The number of aromatic nitrogens is 1. The van der Waals surface area contributed by atoms with Gasteiger partial charge in [-0.2, -0.15) is 0 Å². The van der Waals surface area contributed by atoms with E-state index in [1.807, 2.05) is 0 Å². The molecule has 88 valence electrons. The lowest BCUT2D eigenvalue weighted by molar-refractivity contribution is 0.0662. The van der Waals surface area contributed by atoms with Crippen molar-refractivity contribution in [2.75, 3.05) is 0 Å². The fourth-order valence-corrected chi connectivity index (χ4v) is 1.37. The van der Waals surface area contributed by atoms with Crippen LogP contribution in [0.2, 0.25) is 0 Å². The Morgan fingerprint density at radius 1 is 1.41 bits per heavy atom. The van der Waals surface area contributed by atoms with Crippen LogP contribution >= 0.6 is 0 Å². The van der Waals surface area contributed by atoms with Gasteiger partial charge in [0.05, 0.1) is 11.3 Å². The van der Waals surface area contributed by atoms with Crippen LogP contribution in [0.15, 0.2) is 22.6 Å². The molecule has 1 N–H and O–H groups in total. The molecule has 17 heavy (non-hydrogen) atoms. The van der Waals surface area contributed by atoms with Crippen LogP contribution in [-0.2, 0) is 0 Å². The maximum Gasteiger partial charge on any atom is 0.373 e. The van der Waals surface area contributed by atoms with Gasteiger partial charge in [-0.25, -0.2) is 18.6 Å². The van der Waals surface area contributed by atoms with Crippen LogP contribution in [0, 0.1) is 18.6 Å². The first kappa shape index (κ1) is 11.3. The van der Waals surface area contributed by atoms with E-state index in [1.165, 1.54) is 6.92 Å². The summed E-state index contributed by atoms with van der Waals surface area (Å²) >= 11 is 0. The number of rotatable bonds is 2. The number of carbonyl (C=O) groups is 1. The number of oxazole rings is 1. The lowest BCUT2D eigenvalue weighted by atomic mass is 10.2. The predicted octanol–water partition coefficient (Wildman–Crippen LogP) is 2.63. The summed E-state index contributed by atoms with van der Waals surface area (Å²) in [4.78, 5) is 14.5. The Kier molecular flexibility index (Phi) is 2.63. The molecule has 1 heterocycles. The molecule has 1 aromatic carbocycles. The maximum absolute atomic E-state index is 13.4. The first-order valence-corrected chi connectivity index (χ1v) is 4.65. The van der Waals surface area contributed by atoms with Gasteiger partial charge in [-0.15, -0.1) is 0 Å². The van der Waals surface area contributed by atoms with Crippen molar-refractivity contribution in [2.24, 2.45) is 0 Å². The van der Waals surface area contributed by atoms with E-state index >= 15 is 0 Å². The Balaban J connectivity index is 2.53. The van der Waals surface area contributed by atoms with E-state index in [2.05, 4.69) is 4.98 Å². The standard InChI is InChI=1S/C11H7F2NO3/c1-5-9(11(15)16)17-10(14-5)7-3-2-6(12)4-8(7)13/h2-4H,1H3,(H,15,16). The minimum atomic E-state index is -1.29. The van der Waals surface area contributed by atoms with Gasteiger partial charge in [-0.3, -0.25) is 0 Å². The van der Waals surface area contributed by atoms with E-state index in [0.29, 0.717) is 6.07 Å². The summed E-state index contributed by atoms with van der Waals surface area (Å²) in [5, 5.41) is 8.75. The van der Waals surface area contributed by atoms with E-state index in [1.54, 1.807) is 0 Å². The average Bonchev–Trinajstić information content (AvgIpc) is 2.60. The van der Waals surface area contributed by atoms with E-state index in [4.69, 9.17) is 9.52 Å². The number of benzene rings is 1. The summed E-state index contributed by atoms with van der Waals surface area (Å²) in [5.41, 5.74) is 0.0539. The average molecular weight is 239 g/mol. The lowest BCUT2D eigenvalue weighted by Gasteiger charge is -1.97. The molecule has 0 aliphatic heterocycles. The highest BCUT2D eigenvalue weighted by Crippen LogP contribution is 2.24. The first-order chi connectivity index (χ1) is 7.99. The summed E-state index contributed by atoms with van der Waals surface area (Å²) in [5.74, 6) is -3.42. The molecule has 0 aliphatic carbocycles. The Morgan fingerprint density at radius 2 is 2.12 bits per heavy atom. The molecule has 0 saturated carbocycles. The number of hydrogen-bond acceptors (Lipinski definition) is 3. The molecule has 2 rings (SSSR count). The third-order valence-corrected chi connectivity index (χ3v) is 2.15. The summed E-state index contributed by atoms with van der Waals surface area (Å²) in [6.07, 6.45) is 0. The maximum atomic E-state index is 13.4. The molecule has 0 spiro atoms. The van der Waals surface area contributed by atoms with E-state index in [-0.39, 0.29) is 22.9 Å². The van der Waals surface area contributed by atoms with Gasteiger partial charge in [0.15, 0.2) is 0 Å². The number of carboxylic acid groups (broad SMARTS) is 1. The normalized spacial score (nSPS) is 10.5. The van der Waals surface area contributed by atoms with E-state index < -0.39 is 17.6 Å². The molecule has 2 aromatic rings. The van der Waals surface area contributed by atoms with Crippen LogP contribution in [-0.4, -0.2) is 16.1 Å². The van der Waals surface area contributed by atoms with Crippen LogP contribution in [0.1, 0.15) is 16.2 Å². The molecule has 0 atom stereocenters. The van der Waals surface area contributed by atoms with Crippen molar-refractivity contribution in [2.45, 2.75) is 6.92 Å². The fourth-order valence-electron chi connectivity index (χ4n) is 1.37. The highest BCUT2D eigenvalue weighted by molar-refractivity contribution is 5.86. The SMILES string of the molecule is Cc1nc(-c2ccc(F)cc2F)oc1C(=O)O. The molecule has 0 amide bonds. The molecule has 0 bridgehead atoms. The molecule has 6 heteroatoms. The molecule has 0 unspecified atom stereocenters. The van der Waals surface area contributed by atoms with Crippen molar-refractivity contribution in [3.63, 3.8) is 0 Å². The van der Waals surface area contributed by atoms with E-state index in [0.717, 1.165) is 12.1 Å². The second-order valence-corrected chi connectivity index (χ2v) is 3.36. The number of hydrogen-bond donors (Lipinski definition) is 1. The van der Waals surface area contributed by atoms with Crippen molar-refractivity contribution < 1.29 is 23.1 Å². The zero-order chi connectivity index (χ0) is 12.6. The molecule has 1 aromatic heterocycles. The largest absolute Gasteiger partial charge is 0.475 e. The van der Waals surface area contributed by atoms with Crippen LogP contribution in [0.5, 0.6) is 0 Å². The number of nitrogens with zero attached hydrogens (tertiary/aromatic N) is 1. The van der Waals surface area contributed by atoms with E-state index in [9.17, 15) is 13.6 Å². The summed E-state index contributed by atoms with van der Waals surface area (Å²) in [6.45, 7) is 1.43. The van der Waals surface area contributed by atoms with Gasteiger partial charge in [0.1, 0.15) is 11.6 Å². The smallest absolute Gasteiger partial charge is 0.373 e. The van der Waals surface area contributed by atoms with Gasteiger partial charge in [-0.1, -0.05) is 0 Å². The second kappa shape index (κ2) is 3.97. The first-order valence-electron chi connectivity index (χ1n) is 4.65. The predicted molar refractivity (Wildman–Crippen MR) is 53.6 cm³/mol. The van der Waals surface area contributed by atoms with Gasteiger partial charge >= 0.3 is 5.97 Å². The molecular formula is C11H7F2NO3. The molecule has 0 radical (unpaired) electrons. The highest BCUT2D eigenvalue weighted by Gasteiger charge is 2.19. The molecule has 4 nitrogen and oxygen atoms in total.